The number of hydrogen-bond donors (Lipinski definition) is 3. The molecule has 0 aromatic rings. The van der Waals surface area contributed by atoms with E-state index in [0.717, 1.165) is 11.6 Å². The summed E-state index contributed by atoms with van der Waals surface area (Å²) in [6.07, 6.45) is 1.53. The SMILES string of the molecule is C=C1C(=O)OC2C1C(OC(=O)C(O)=CCO)CC(=C)C1(OO)CC=C(C)C21. The molecule has 0 bridgehead atoms. The minimum Gasteiger partial charge on any atom is -0.502 e. The van der Waals surface area contributed by atoms with Crippen molar-refractivity contribution in [1.29, 1.82) is 0 Å². The zero-order valence-corrected chi connectivity index (χ0v) is 14.9. The smallest absolute Gasteiger partial charge is 0.373 e. The summed E-state index contributed by atoms with van der Waals surface area (Å²) in [6.45, 7) is 9.09. The molecule has 0 spiro atoms. The molecule has 3 N–H and O–H groups in total. The van der Waals surface area contributed by atoms with Crippen LogP contribution in [0.5, 0.6) is 0 Å². The Labute approximate surface area is 156 Å². The quantitative estimate of drug-likeness (QED) is 0.168. The Balaban J connectivity index is 2.02. The van der Waals surface area contributed by atoms with E-state index in [1.807, 2.05) is 13.0 Å². The first-order valence-corrected chi connectivity index (χ1v) is 8.55. The number of hydrogen-bond acceptors (Lipinski definition) is 8. The molecule has 1 aliphatic heterocycles. The van der Waals surface area contributed by atoms with Crippen LogP contribution in [-0.4, -0.2) is 51.8 Å². The summed E-state index contributed by atoms with van der Waals surface area (Å²) in [7, 11) is 0. The van der Waals surface area contributed by atoms with Gasteiger partial charge in [0.05, 0.1) is 18.4 Å². The van der Waals surface area contributed by atoms with E-state index in [1.165, 1.54) is 0 Å². The monoisotopic (exact) mass is 378 g/mol. The summed E-state index contributed by atoms with van der Waals surface area (Å²) in [4.78, 5) is 29.2. The molecule has 0 radical (unpaired) electrons. The van der Waals surface area contributed by atoms with Crippen LogP contribution in [0.3, 0.4) is 0 Å². The molecule has 1 saturated carbocycles. The van der Waals surface area contributed by atoms with Gasteiger partial charge in [-0.25, -0.2) is 14.5 Å². The highest BCUT2D eigenvalue weighted by Crippen LogP contribution is 2.54. The van der Waals surface area contributed by atoms with E-state index in [2.05, 4.69) is 13.2 Å². The lowest BCUT2D eigenvalue weighted by Gasteiger charge is -2.36. The molecule has 3 aliphatic rings. The molecule has 0 aromatic carbocycles. The van der Waals surface area contributed by atoms with Crippen LogP contribution >= 0.6 is 0 Å². The average Bonchev–Trinajstić information content (AvgIpc) is 3.08. The minimum atomic E-state index is -1.19. The fourth-order valence-electron chi connectivity index (χ4n) is 4.33. The van der Waals surface area contributed by atoms with Gasteiger partial charge in [-0.3, -0.25) is 5.26 Å². The first-order valence-electron chi connectivity index (χ1n) is 8.55. The Bertz CT molecular complexity index is 764. The van der Waals surface area contributed by atoms with Gasteiger partial charge in [-0.15, -0.1) is 0 Å². The maximum absolute atomic E-state index is 12.2. The number of aliphatic hydroxyl groups excluding tert-OH is 2. The third-order valence-corrected chi connectivity index (χ3v) is 5.67. The van der Waals surface area contributed by atoms with E-state index >= 15 is 0 Å². The Kier molecular flexibility index (Phi) is 4.98. The van der Waals surface area contributed by atoms with Crippen molar-refractivity contribution in [3.8, 4) is 0 Å². The van der Waals surface area contributed by atoms with Crippen molar-refractivity contribution >= 4 is 11.9 Å². The second kappa shape index (κ2) is 6.95. The van der Waals surface area contributed by atoms with Gasteiger partial charge in [0.15, 0.2) is 5.76 Å². The molecule has 3 rings (SSSR count). The maximum Gasteiger partial charge on any atom is 0.373 e. The topological polar surface area (TPSA) is 123 Å². The van der Waals surface area contributed by atoms with Crippen LogP contribution in [0.2, 0.25) is 0 Å². The first kappa shape index (κ1) is 19.3. The summed E-state index contributed by atoms with van der Waals surface area (Å²) >= 11 is 0. The number of aliphatic hydroxyl groups is 2. The molecule has 1 heterocycles. The maximum atomic E-state index is 12.2. The molecular formula is C19H22O8. The summed E-state index contributed by atoms with van der Waals surface area (Å²) < 4.78 is 10.9. The number of carbonyl (C=O) groups excluding carboxylic acids is 2. The minimum absolute atomic E-state index is 0.0765. The van der Waals surface area contributed by atoms with Crippen LogP contribution in [0, 0.1) is 11.8 Å². The standard InChI is InChI=1S/C19H22O8/c1-9-4-6-19(27-24)10(2)8-13(25-18(23)12(21)5-7-20)14-11(3)17(22)26-16(14)15(9)19/h4-5,13-16,20-21,24H,2-3,6-8H2,1H3. The van der Waals surface area contributed by atoms with E-state index in [4.69, 9.17) is 19.5 Å². The number of rotatable bonds is 4. The first-order chi connectivity index (χ1) is 12.8. The second-order valence-corrected chi connectivity index (χ2v) is 7.06. The van der Waals surface area contributed by atoms with Crippen molar-refractivity contribution in [3.63, 3.8) is 0 Å². The van der Waals surface area contributed by atoms with Crippen molar-refractivity contribution < 1.29 is 39.4 Å². The molecule has 2 fully saturated rings. The molecule has 1 saturated heterocycles. The number of esters is 2. The molecule has 5 unspecified atom stereocenters. The second-order valence-electron chi connectivity index (χ2n) is 7.06. The predicted octanol–water partition coefficient (Wildman–Crippen LogP) is 1.58. The van der Waals surface area contributed by atoms with Gasteiger partial charge >= 0.3 is 11.9 Å². The third-order valence-electron chi connectivity index (χ3n) is 5.67. The molecule has 27 heavy (non-hydrogen) atoms. The Morgan fingerprint density at radius 2 is 2.19 bits per heavy atom. The van der Waals surface area contributed by atoms with Crippen LogP contribution in [0.4, 0.5) is 0 Å². The van der Waals surface area contributed by atoms with Gasteiger partial charge < -0.3 is 19.7 Å². The van der Waals surface area contributed by atoms with Gasteiger partial charge in [0, 0.05) is 18.4 Å². The highest BCUT2D eigenvalue weighted by molar-refractivity contribution is 5.91. The van der Waals surface area contributed by atoms with Crippen molar-refractivity contribution in [2.45, 2.75) is 37.6 Å². The Hall–Kier alpha value is -2.42. The molecule has 146 valence electrons. The molecule has 0 aromatic heterocycles. The van der Waals surface area contributed by atoms with Crippen LogP contribution < -0.4 is 0 Å². The number of carbonyl (C=O) groups is 2. The molecular weight excluding hydrogens is 356 g/mol. The van der Waals surface area contributed by atoms with Crippen LogP contribution in [0.25, 0.3) is 0 Å². The lowest BCUT2D eigenvalue weighted by molar-refractivity contribution is -0.323. The number of fused-ring (bicyclic) bond motifs is 3. The third kappa shape index (κ3) is 2.90. The Morgan fingerprint density at radius 1 is 1.48 bits per heavy atom. The predicted molar refractivity (Wildman–Crippen MR) is 92.3 cm³/mol. The van der Waals surface area contributed by atoms with E-state index < -0.39 is 53.9 Å². The van der Waals surface area contributed by atoms with E-state index in [0.29, 0.717) is 12.0 Å². The lowest BCUT2D eigenvalue weighted by Crippen LogP contribution is -2.45. The molecule has 8 heteroatoms. The van der Waals surface area contributed by atoms with Crippen molar-refractivity contribution in [2.75, 3.05) is 6.61 Å². The zero-order chi connectivity index (χ0) is 19.9. The normalized spacial score (nSPS) is 35.9. The van der Waals surface area contributed by atoms with Crippen LogP contribution in [-0.2, 0) is 24.0 Å². The van der Waals surface area contributed by atoms with Gasteiger partial charge in [0.2, 0.25) is 0 Å². The molecule has 5 atom stereocenters. The van der Waals surface area contributed by atoms with Gasteiger partial charge in [0.25, 0.3) is 0 Å². The molecule has 2 aliphatic carbocycles. The highest BCUT2D eigenvalue weighted by Gasteiger charge is 2.61. The molecule has 0 amide bonds. The zero-order valence-electron chi connectivity index (χ0n) is 14.9. The van der Waals surface area contributed by atoms with Gasteiger partial charge in [-0.2, -0.15) is 0 Å². The molecule has 8 nitrogen and oxygen atoms in total. The largest absolute Gasteiger partial charge is 0.502 e. The van der Waals surface area contributed by atoms with E-state index in [1.54, 1.807) is 0 Å². The van der Waals surface area contributed by atoms with Crippen LogP contribution in [0.1, 0.15) is 19.8 Å². The van der Waals surface area contributed by atoms with Crippen LogP contribution in [0.15, 0.2) is 47.8 Å². The van der Waals surface area contributed by atoms with Crippen molar-refractivity contribution in [1.82, 2.24) is 0 Å². The average molecular weight is 378 g/mol. The lowest BCUT2D eigenvalue weighted by atomic mass is 9.77. The summed E-state index contributed by atoms with van der Waals surface area (Å²) in [6, 6.07) is 0. The summed E-state index contributed by atoms with van der Waals surface area (Å²) in [5, 5.41) is 28.2. The number of ether oxygens (including phenoxy) is 2. The highest BCUT2D eigenvalue weighted by atomic mass is 17.1. The van der Waals surface area contributed by atoms with Crippen molar-refractivity contribution in [3.05, 3.63) is 47.8 Å². The fourth-order valence-corrected chi connectivity index (χ4v) is 4.33. The summed E-state index contributed by atoms with van der Waals surface area (Å²) in [5.74, 6) is -3.60. The van der Waals surface area contributed by atoms with E-state index in [9.17, 15) is 20.0 Å². The summed E-state index contributed by atoms with van der Waals surface area (Å²) in [5.41, 5.74) is 0.286. The van der Waals surface area contributed by atoms with Gasteiger partial charge in [-0.1, -0.05) is 24.8 Å². The van der Waals surface area contributed by atoms with Gasteiger partial charge in [0.1, 0.15) is 17.8 Å². The fraction of sp³-hybridized carbons (Fsp3) is 0.474. The van der Waals surface area contributed by atoms with Gasteiger partial charge in [-0.05, 0) is 18.6 Å². The van der Waals surface area contributed by atoms with Crippen molar-refractivity contribution in [2.24, 2.45) is 11.8 Å². The van der Waals surface area contributed by atoms with E-state index in [-0.39, 0.29) is 12.0 Å². The Morgan fingerprint density at radius 3 is 2.81 bits per heavy atom.